The molecule has 0 atom stereocenters. The zero-order valence-corrected chi connectivity index (χ0v) is 32.4. The van der Waals surface area contributed by atoms with Crippen molar-refractivity contribution in [1.29, 1.82) is 0 Å². The van der Waals surface area contributed by atoms with Gasteiger partial charge in [0.15, 0.2) is 0 Å². The first-order valence-corrected chi connectivity index (χ1v) is 19.8. The van der Waals surface area contributed by atoms with E-state index in [2.05, 4.69) is 210 Å². The van der Waals surface area contributed by atoms with Crippen LogP contribution in [-0.2, 0) is 0 Å². The number of fused-ring (bicyclic) bond motifs is 3. The molecule has 268 valence electrons. The van der Waals surface area contributed by atoms with Gasteiger partial charge in [-0.25, -0.2) is 0 Å². The van der Waals surface area contributed by atoms with Crippen LogP contribution in [0.25, 0.3) is 88.0 Å². The summed E-state index contributed by atoms with van der Waals surface area (Å²) in [4.78, 5) is 0. The van der Waals surface area contributed by atoms with E-state index >= 15 is 0 Å². The SMILES string of the molecule is CCCCC.Cc1cc(-c2cccc(-c3c4ccccc4c(-c4ccc(-c5ccccc5)cc4)c4ccccc34)c2)ccc1-c1cc2ccccc2cc1C. The first-order valence-electron chi connectivity index (χ1n) is 19.8. The third-order valence-corrected chi connectivity index (χ3v) is 11.0. The molecule has 9 aromatic rings. The minimum absolute atomic E-state index is 1.22. The predicted molar refractivity (Wildman–Crippen MR) is 241 cm³/mol. The highest BCUT2D eigenvalue weighted by Crippen LogP contribution is 2.44. The van der Waals surface area contributed by atoms with Crippen molar-refractivity contribution in [2.24, 2.45) is 0 Å². The molecule has 0 spiro atoms. The predicted octanol–water partition coefficient (Wildman–Crippen LogP) is 16.3. The summed E-state index contributed by atoms with van der Waals surface area (Å²) in [5, 5.41) is 7.63. The number of unbranched alkanes of at least 4 members (excludes halogenated alkanes) is 2. The van der Waals surface area contributed by atoms with Crippen LogP contribution in [0.4, 0.5) is 0 Å². The van der Waals surface area contributed by atoms with Crippen molar-refractivity contribution in [3.8, 4) is 55.6 Å². The molecule has 0 nitrogen and oxygen atoms in total. The van der Waals surface area contributed by atoms with E-state index in [4.69, 9.17) is 0 Å². The maximum Gasteiger partial charge on any atom is -0.00262 e. The van der Waals surface area contributed by atoms with Crippen LogP contribution >= 0.6 is 0 Å². The summed E-state index contributed by atoms with van der Waals surface area (Å²) in [7, 11) is 0. The summed E-state index contributed by atoms with van der Waals surface area (Å²) < 4.78 is 0. The Morgan fingerprint density at radius 2 is 0.745 bits per heavy atom. The molecule has 0 bridgehead atoms. The van der Waals surface area contributed by atoms with Crippen molar-refractivity contribution in [1.82, 2.24) is 0 Å². The summed E-state index contributed by atoms with van der Waals surface area (Å²) in [6.45, 7) is 8.88. The average Bonchev–Trinajstić information content (AvgIpc) is 3.23. The highest BCUT2D eigenvalue weighted by Gasteiger charge is 2.17. The monoisotopic (exact) mass is 708 g/mol. The molecular weight excluding hydrogens is 661 g/mol. The van der Waals surface area contributed by atoms with Crippen molar-refractivity contribution in [2.45, 2.75) is 47.0 Å². The zero-order chi connectivity index (χ0) is 37.7. The second-order valence-corrected chi connectivity index (χ2v) is 14.8. The Morgan fingerprint density at radius 3 is 1.33 bits per heavy atom. The maximum absolute atomic E-state index is 2.37. The molecule has 0 heteroatoms. The summed E-state index contributed by atoms with van der Waals surface area (Å²) in [6, 6.07) is 66.8. The normalized spacial score (nSPS) is 11.1. The molecule has 0 aliphatic carbocycles. The van der Waals surface area contributed by atoms with Gasteiger partial charge in [0.05, 0.1) is 0 Å². The van der Waals surface area contributed by atoms with Crippen molar-refractivity contribution >= 4 is 32.3 Å². The van der Waals surface area contributed by atoms with Gasteiger partial charge in [-0.1, -0.05) is 203 Å². The molecule has 0 fully saturated rings. The molecule has 9 aromatic carbocycles. The number of benzene rings is 9. The van der Waals surface area contributed by atoms with Gasteiger partial charge in [-0.05, 0) is 125 Å². The number of rotatable bonds is 7. The lowest BCUT2D eigenvalue weighted by molar-refractivity contribution is 0.772. The van der Waals surface area contributed by atoms with Gasteiger partial charge in [0.2, 0.25) is 0 Å². The topological polar surface area (TPSA) is 0 Å². The van der Waals surface area contributed by atoms with Gasteiger partial charge in [-0.15, -0.1) is 0 Å². The van der Waals surface area contributed by atoms with E-state index in [-0.39, 0.29) is 0 Å². The van der Waals surface area contributed by atoms with E-state index in [1.54, 1.807) is 0 Å². The minimum Gasteiger partial charge on any atom is -0.0654 e. The van der Waals surface area contributed by atoms with Crippen LogP contribution in [0, 0.1) is 13.8 Å². The van der Waals surface area contributed by atoms with E-state index in [9.17, 15) is 0 Å². The molecule has 0 aromatic heterocycles. The van der Waals surface area contributed by atoms with Crippen molar-refractivity contribution < 1.29 is 0 Å². The van der Waals surface area contributed by atoms with E-state index in [1.807, 2.05) is 0 Å². The van der Waals surface area contributed by atoms with Crippen LogP contribution in [0.2, 0.25) is 0 Å². The van der Waals surface area contributed by atoms with Crippen LogP contribution in [0.3, 0.4) is 0 Å². The van der Waals surface area contributed by atoms with Crippen LogP contribution in [0.15, 0.2) is 182 Å². The number of hydrogen-bond donors (Lipinski definition) is 0. The second kappa shape index (κ2) is 16.0. The molecule has 0 unspecified atom stereocenters. The number of aryl methyl sites for hydroxylation is 2. The quantitative estimate of drug-likeness (QED) is 0.145. The standard InChI is InChI=1S/C50H36.C5H12/c1-33-29-41(27-28-43(33)48-32-40-16-7-6-15-38(40)30-34(48)2)39-17-12-18-42(31-39)50-46-21-10-8-19-44(46)49(45-20-9-11-22-47(45)50)37-25-23-36(24-26-37)35-13-4-3-5-14-35;1-3-5-4-2/h3-32H,1-2H3;3-5H2,1-2H3. The average molecular weight is 709 g/mol. The Labute approximate surface area is 326 Å². The Balaban J connectivity index is 0.000000805. The molecule has 0 amide bonds. The van der Waals surface area contributed by atoms with Gasteiger partial charge < -0.3 is 0 Å². The molecule has 0 aliphatic heterocycles. The maximum atomic E-state index is 2.37. The highest BCUT2D eigenvalue weighted by molar-refractivity contribution is 6.21. The van der Waals surface area contributed by atoms with E-state index < -0.39 is 0 Å². The van der Waals surface area contributed by atoms with Gasteiger partial charge >= 0.3 is 0 Å². The third kappa shape index (κ3) is 7.21. The van der Waals surface area contributed by atoms with Gasteiger partial charge in [0.25, 0.3) is 0 Å². The van der Waals surface area contributed by atoms with Crippen molar-refractivity contribution in [2.75, 3.05) is 0 Å². The smallest absolute Gasteiger partial charge is 0.00262 e. The first-order chi connectivity index (χ1) is 27.0. The Kier molecular flexibility index (Phi) is 10.4. The van der Waals surface area contributed by atoms with Crippen LogP contribution in [0.1, 0.15) is 44.2 Å². The summed E-state index contributed by atoms with van der Waals surface area (Å²) >= 11 is 0. The minimum atomic E-state index is 1.22. The molecule has 0 saturated heterocycles. The highest BCUT2D eigenvalue weighted by atomic mass is 14.2. The van der Waals surface area contributed by atoms with E-state index in [0.717, 1.165) is 0 Å². The summed E-state index contributed by atoms with van der Waals surface area (Å²) in [5.41, 5.74) is 15.1. The fraction of sp³-hybridized carbons (Fsp3) is 0.127. The zero-order valence-electron chi connectivity index (χ0n) is 32.4. The fourth-order valence-corrected chi connectivity index (χ4v) is 8.21. The lowest BCUT2D eigenvalue weighted by atomic mass is 9.85. The van der Waals surface area contributed by atoms with E-state index in [0.29, 0.717) is 0 Å². The Morgan fingerprint density at radius 1 is 0.309 bits per heavy atom. The largest absolute Gasteiger partial charge is 0.0654 e. The van der Waals surface area contributed by atoms with Gasteiger partial charge in [0, 0.05) is 0 Å². The second-order valence-electron chi connectivity index (χ2n) is 14.8. The summed E-state index contributed by atoms with van der Waals surface area (Å²) in [5.74, 6) is 0. The van der Waals surface area contributed by atoms with E-state index in [1.165, 1.54) is 118 Å². The van der Waals surface area contributed by atoms with Gasteiger partial charge in [-0.2, -0.15) is 0 Å². The molecule has 0 heterocycles. The molecular formula is C55H48. The van der Waals surface area contributed by atoms with Crippen molar-refractivity contribution in [3.63, 3.8) is 0 Å². The third-order valence-electron chi connectivity index (χ3n) is 11.0. The molecule has 0 N–H and O–H groups in total. The van der Waals surface area contributed by atoms with Gasteiger partial charge in [-0.3, -0.25) is 0 Å². The Bertz CT molecular complexity index is 2690. The van der Waals surface area contributed by atoms with Crippen LogP contribution < -0.4 is 0 Å². The molecule has 55 heavy (non-hydrogen) atoms. The summed E-state index contributed by atoms with van der Waals surface area (Å²) in [6.07, 6.45) is 4.08. The van der Waals surface area contributed by atoms with Crippen LogP contribution in [-0.4, -0.2) is 0 Å². The molecule has 9 rings (SSSR count). The molecule has 0 saturated carbocycles. The lowest BCUT2D eigenvalue weighted by Gasteiger charge is -2.18. The van der Waals surface area contributed by atoms with Gasteiger partial charge in [0.1, 0.15) is 0 Å². The molecule has 0 radical (unpaired) electrons. The molecule has 0 aliphatic rings. The van der Waals surface area contributed by atoms with Crippen LogP contribution in [0.5, 0.6) is 0 Å². The fourth-order valence-electron chi connectivity index (χ4n) is 8.21. The number of hydrogen-bond acceptors (Lipinski definition) is 0. The lowest BCUT2D eigenvalue weighted by Crippen LogP contribution is -1.92. The Hall–Kier alpha value is -6.24. The van der Waals surface area contributed by atoms with Crippen molar-refractivity contribution in [3.05, 3.63) is 193 Å². The first kappa shape index (κ1) is 35.8.